The van der Waals surface area contributed by atoms with Crippen LogP contribution in [0.15, 0.2) is 42.5 Å². The topological polar surface area (TPSA) is 50.8 Å². The molecular formula is C19H18Cl2N2O3. The lowest BCUT2D eigenvalue weighted by molar-refractivity contribution is 0.230. The van der Waals surface area contributed by atoms with Crippen LogP contribution in [-0.4, -0.2) is 38.2 Å². The van der Waals surface area contributed by atoms with Crippen LogP contribution in [0.3, 0.4) is 0 Å². The highest BCUT2D eigenvalue weighted by Gasteiger charge is 2.03. The molecule has 0 saturated carbocycles. The average molecular weight is 393 g/mol. The van der Waals surface area contributed by atoms with Crippen molar-refractivity contribution in [3.05, 3.63) is 52.5 Å². The van der Waals surface area contributed by atoms with Crippen LogP contribution in [0.5, 0.6) is 11.5 Å². The van der Waals surface area contributed by atoms with E-state index in [1.165, 1.54) is 4.90 Å². The van der Waals surface area contributed by atoms with E-state index in [0.29, 0.717) is 27.2 Å². The predicted molar refractivity (Wildman–Crippen MR) is 104 cm³/mol. The molecule has 0 spiro atoms. The van der Waals surface area contributed by atoms with E-state index in [1.807, 2.05) is 0 Å². The van der Waals surface area contributed by atoms with E-state index in [-0.39, 0.29) is 19.2 Å². The van der Waals surface area contributed by atoms with Crippen molar-refractivity contribution < 1.29 is 14.3 Å². The van der Waals surface area contributed by atoms with E-state index in [9.17, 15) is 4.79 Å². The number of rotatable bonds is 5. The molecule has 0 atom stereocenters. The van der Waals surface area contributed by atoms with Crippen molar-refractivity contribution in [3.8, 4) is 23.3 Å². The van der Waals surface area contributed by atoms with Crippen LogP contribution in [0.1, 0.15) is 0 Å². The standard InChI is InChI=1S/C19H18Cl2N2O3/c1-23(2)19(24)22-14-5-7-15(8-6-14)25-11-3-4-12-26-16-9-10-17(20)18(21)13-16/h5-10,13H,11-12H2,1-2H3,(H,22,24). The Bertz CT molecular complexity index is 812. The van der Waals surface area contributed by atoms with Crippen molar-refractivity contribution >= 4 is 34.9 Å². The minimum Gasteiger partial charge on any atom is -0.481 e. The number of benzene rings is 2. The zero-order valence-corrected chi connectivity index (χ0v) is 15.9. The summed E-state index contributed by atoms with van der Waals surface area (Å²) in [5.74, 6) is 6.97. The maximum absolute atomic E-state index is 11.5. The average Bonchev–Trinajstić information content (AvgIpc) is 2.62. The summed E-state index contributed by atoms with van der Waals surface area (Å²) in [6, 6.07) is 11.9. The normalized spacial score (nSPS) is 9.69. The van der Waals surface area contributed by atoms with Crippen LogP contribution in [0, 0.1) is 11.8 Å². The number of nitrogens with one attached hydrogen (secondary N) is 1. The van der Waals surface area contributed by atoms with Gasteiger partial charge in [-0.05, 0) is 36.4 Å². The second-order valence-corrected chi connectivity index (χ2v) is 6.17. The molecule has 5 nitrogen and oxygen atoms in total. The van der Waals surface area contributed by atoms with Crippen molar-refractivity contribution in [2.45, 2.75) is 0 Å². The zero-order chi connectivity index (χ0) is 18.9. The largest absolute Gasteiger partial charge is 0.481 e. The lowest BCUT2D eigenvalue weighted by Crippen LogP contribution is -2.27. The molecule has 0 aromatic heterocycles. The quantitative estimate of drug-likeness (QED) is 0.759. The summed E-state index contributed by atoms with van der Waals surface area (Å²) in [4.78, 5) is 13.0. The second-order valence-electron chi connectivity index (χ2n) is 5.36. The van der Waals surface area contributed by atoms with Gasteiger partial charge in [-0.3, -0.25) is 0 Å². The lowest BCUT2D eigenvalue weighted by Gasteiger charge is -2.12. The Morgan fingerprint density at radius 2 is 1.54 bits per heavy atom. The summed E-state index contributed by atoms with van der Waals surface area (Å²) in [7, 11) is 3.35. The minimum atomic E-state index is -0.188. The van der Waals surface area contributed by atoms with E-state index < -0.39 is 0 Å². The van der Waals surface area contributed by atoms with Crippen LogP contribution >= 0.6 is 23.2 Å². The molecule has 0 bridgehead atoms. The number of carbonyl (C=O) groups excluding carboxylic acids is 1. The van der Waals surface area contributed by atoms with Gasteiger partial charge in [0, 0.05) is 25.8 Å². The second kappa shape index (κ2) is 9.81. The first-order valence-electron chi connectivity index (χ1n) is 7.70. The predicted octanol–water partition coefficient (Wildman–Crippen LogP) is 4.55. The fraction of sp³-hybridized carbons (Fsp3) is 0.211. The molecule has 2 amide bonds. The fourth-order valence-corrected chi connectivity index (χ4v) is 2.07. The number of hydrogen-bond acceptors (Lipinski definition) is 3. The molecule has 0 aliphatic carbocycles. The number of hydrogen-bond donors (Lipinski definition) is 1. The van der Waals surface area contributed by atoms with Crippen LogP contribution in [0.25, 0.3) is 0 Å². The summed E-state index contributed by atoms with van der Waals surface area (Å²) in [5.41, 5.74) is 0.692. The van der Waals surface area contributed by atoms with Gasteiger partial charge in [0.1, 0.15) is 24.7 Å². The number of ether oxygens (including phenoxy) is 2. The van der Waals surface area contributed by atoms with E-state index in [4.69, 9.17) is 32.7 Å². The van der Waals surface area contributed by atoms with E-state index in [2.05, 4.69) is 17.2 Å². The maximum atomic E-state index is 11.5. The molecule has 0 fully saturated rings. The van der Waals surface area contributed by atoms with E-state index >= 15 is 0 Å². The summed E-state index contributed by atoms with van der Waals surface area (Å²) >= 11 is 11.7. The third-order valence-electron chi connectivity index (χ3n) is 3.15. The van der Waals surface area contributed by atoms with Gasteiger partial charge in [0.2, 0.25) is 0 Å². The molecule has 136 valence electrons. The molecule has 2 rings (SSSR count). The van der Waals surface area contributed by atoms with E-state index in [0.717, 1.165) is 0 Å². The Kier molecular flexibility index (Phi) is 7.46. The molecule has 7 heteroatoms. The number of amides is 2. The SMILES string of the molecule is CN(C)C(=O)Nc1ccc(OCC#CCOc2ccc(Cl)c(Cl)c2)cc1. The Hall–Kier alpha value is -2.55. The lowest BCUT2D eigenvalue weighted by atomic mass is 10.3. The molecule has 1 N–H and O–H groups in total. The smallest absolute Gasteiger partial charge is 0.321 e. The Balaban J connectivity index is 1.73. The third-order valence-corrected chi connectivity index (χ3v) is 3.89. The minimum absolute atomic E-state index is 0.188. The summed E-state index contributed by atoms with van der Waals surface area (Å²) in [5, 5.41) is 3.66. The van der Waals surface area contributed by atoms with Gasteiger partial charge in [-0.2, -0.15) is 0 Å². The number of anilines is 1. The molecule has 0 radical (unpaired) electrons. The van der Waals surface area contributed by atoms with Gasteiger partial charge < -0.3 is 19.7 Å². The highest BCUT2D eigenvalue weighted by atomic mass is 35.5. The highest BCUT2D eigenvalue weighted by molar-refractivity contribution is 6.42. The molecule has 0 unspecified atom stereocenters. The number of carbonyl (C=O) groups is 1. The molecule has 26 heavy (non-hydrogen) atoms. The van der Waals surface area contributed by atoms with Crippen LogP contribution < -0.4 is 14.8 Å². The number of urea groups is 1. The first-order valence-corrected chi connectivity index (χ1v) is 8.46. The van der Waals surface area contributed by atoms with Gasteiger partial charge in [-0.1, -0.05) is 35.0 Å². The molecule has 2 aromatic carbocycles. The molecule has 0 saturated heterocycles. The molecule has 0 aliphatic heterocycles. The van der Waals surface area contributed by atoms with E-state index in [1.54, 1.807) is 56.6 Å². The number of halogens is 2. The Labute approximate surface area is 162 Å². The van der Waals surface area contributed by atoms with Gasteiger partial charge in [-0.15, -0.1) is 0 Å². The van der Waals surface area contributed by atoms with Crippen LogP contribution in [0.2, 0.25) is 10.0 Å². The first kappa shape index (κ1) is 19.8. The monoisotopic (exact) mass is 392 g/mol. The van der Waals surface area contributed by atoms with Crippen molar-refractivity contribution in [2.75, 3.05) is 32.6 Å². The maximum Gasteiger partial charge on any atom is 0.321 e. The molecule has 2 aromatic rings. The van der Waals surface area contributed by atoms with Crippen LogP contribution in [0.4, 0.5) is 10.5 Å². The summed E-state index contributed by atoms with van der Waals surface area (Å²) in [6.45, 7) is 0.449. The van der Waals surface area contributed by atoms with Crippen molar-refractivity contribution in [1.29, 1.82) is 0 Å². The van der Waals surface area contributed by atoms with Crippen molar-refractivity contribution in [3.63, 3.8) is 0 Å². The Morgan fingerprint density at radius 3 is 2.12 bits per heavy atom. The summed E-state index contributed by atoms with van der Waals surface area (Å²) in [6.07, 6.45) is 0. The molecule has 0 heterocycles. The van der Waals surface area contributed by atoms with Gasteiger partial charge >= 0.3 is 6.03 Å². The zero-order valence-electron chi connectivity index (χ0n) is 14.4. The van der Waals surface area contributed by atoms with Gasteiger partial charge in [0.05, 0.1) is 10.0 Å². The van der Waals surface area contributed by atoms with Gasteiger partial charge in [-0.25, -0.2) is 4.79 Å². The highest BCUT2D eigenvalue weighted by Crippen LogP contribution is 2.26. The van der Waals surface area contributed by atoms with Crippen molar-refractivity contribution in [2.24, 2.45) is 0 Å². The molecule has 0 aliphatic rings. The first-order chi connectivity index (χ1) is 12.5. The number of nitrogens with zero attached hydrogens (tertiary/aromatic N) is 1. The fourth-order valence-electron chi connectivity index (χ4n) is 1.78. The Morgan fingerprint density at radius 1 is 0.962 bits per heavy atom. The van der Waals surface area contributed by atoms with Crippen LogP contribution in [-0.2, 0) is 0 Å². The van der Waals surface area contributed by atoms with Gasteiger partial charge in [0.25, 0.3) is 0 Å². The third kappa shape index (κ3) is 6.40. The summed E-state index contributed by atoms with van der Waals surface area (Å²) < 4.78 is 11.0. The molecular weight excluding hydrogens is 375 g/mol. The van der Waals surface area contributed by atoms with Gasteiger partial charge in [0.15, 0.2) is 0 Å². The van der Waals surface area contributed by atoms with Crippen molar-refractivity contribution in [1.82, 2.24) is 4.90 Å².